The van der Waals surface area contributed by atoms with E-state index >= 15 is 0 Å². The second kappa shape index (κ2) is 5.49. The average molecular weight is 349 g/mol. The average Bonchev–Trinajstić information content (AvgIpc) is 3.23. The van der Waals surface area contributed by atoms with Crippen molar-refractivity contribution in [3.05, 3.63) is 53.6 Å². The van der Waals surface area contributed by atoms with Crippen molar-refractivity contribution in [1.82, 2.24) is 9.97 Å². The highest BCUT2D eigenvalue weighted by Crippen LogP contribution is 2.44. The summed E-state index contributed by atoms with van der Waals surface area (Å²) in [6, 6.07) is 13.6. The van der Waals surface area contributed by atoms with E-state index in [0.717, 1.165) is 54.2 Å². The minimum atomic E-state index is -0.492. The first-order valence-electron chi connectivity index (χ1n) is 8.81. The van der Waals surface area contributed by atoms with Gasteiger partial charge in [-0.2, -0.15) is 0 Å². The number of aromatic nitrogens is 2. The Kier molecular flexibility index (Phi) is 3.22. The molecule has 26 heavy (non-hydrogen) atoms. The molecule has 0 amide bonds. The molecule has 0 radical (unpaired) electrons. The number of benzene rings is 2. The Bertz CT molecular complexity index is 1000. The molecule has 1 aromatic heterocycles. The van der Waals surface area contributed by atoms with Crippen LogP contribution >= 0.6 is 0 Å². The quantitative estimate of drug-likeness (QED) is 0.720. The molecule has 2 aliphatic heterocycles. The Morgan fingerprint density at radius 2 is 1.96 bits per heavy atom. The highest BCUT2D eigenvalue weighted by atomic mass is 16.6. The number of methoxy groups -OCH3 is 1. The molecule has 2 aliphatic rings. The summed E-state index contributed by atoms with van der Waals surface area (Å²) in [5, 5.41) is 0. The van der Waals surface area contributed by atoms with Crippen molar-refractivity contribution >= 4 is 23.0 Å². The number of nitrogens with zero attached hydrogens (tertiary/aromatic N) is 2. The number of carbonyl (C=O) groups excluding carboxylic acids is 1. The summed E-state index contributed by atoms with van der Waals surface area (Å²) < 4.78 is 11.2. The van der Waals surface area contributed by atoms with E-state index < -0.39 is 5.60 Å². The molecule has 5 rings (SSSR count). The van der Waals surface area contributed by atoms with E-state index in [4.69, 9.17) is 14.5 Å². The van der Waals surface area contributed by atoms with Gasteiger partial charge in [0, 0.05) is 31.5 Å². The maximum Gasteiger partial charge on any atom is 0.339 e. The number of nitrogens with one attached hydrogen (secondary N) is 1. The number of piperidine rings is 1. The summed E-state index contributed by atoms with van der Waals surface area (Å²) in [5.74, 6) is 1.39. The van der Waals surface area contributed by atoms with E-state index in [1.165, 1.54) is 0 Å². The van der Waals surface area contributed by atoms with Gasteiger partial charge in [-0.3, -0.25) is 0 Å². The molecular weight excluding hydrogens is 330 g/mol. The number of esters is 1. The molecule has 0 saturated carbocycles. The second-order valence-electron chi connectivity index (χ2n) is 6.83. The van der Waals surface area contributed by atoms with Crippen molar-refractivity contribution < 1.29 is 14.3 Å². The third-order valence-electron chi connectivity index (χ3n) is 5.48. The molecule has 0 bridgehead atoms. The molecule has 0 aliphatic carbocycles. The number of rotatable bonds is 2. The van der Waals surface area contributed by atoms with E-state index in [-0.39, 0.29) is 5.97 Å². The van der Waals surface area contributed by atoms with Crippen LogP contribution in [-0.2, 0) is 10.3 Å². The Labute approximate surface area is 150 Å². The lowest BCUT2D eigenvalue weighted by Gasteiger charge is -2.38. The molecule has 1 fully saturated rings. The third kappa shape index (κ3) is 2.11. The lowest BCUT2D eigenvalue weighted by atomic mass is 9.84. The first-order chi connectivity index (χ1) is 12.7. The largest absolute Gasteiger partial charge is 0.494 e. The molecule has 0 atom stereocenters. The van der Waals surface area contributed by atoms with Crippen LogP contribution in [0.25, 0.3) is 11.0 Å². The summed E-state index contributed by atoms with van der Waals surface area (Å²) in [6.45, 7) is 1.54. The van der Waals surface area contributed by atoms with E-state index in [1.807, 2.05) is 42.5 Å². The highest BCUT2D eigenvalue weighted by Gasteiger charge is 2.47. The fraction of sp³-hybridized carbons (Fsp3) is 0.300. The number of ether oxygens (including phenoxy) is 2. The van der Waals surface area contributed by atoms with Gasteiger partial charge >= 0.3 is 5.97 Å². The molecule has 6 nitrogen and oxygen atoms in total. The number of H-pyrrole nitrogens is 1. The minimum absolute atomic E-state index is 0.206. The van der Waals surface area contributed by atoms with Crippen LogP contribution in [0.2, 0.25) is 0 Å². The normalized spacial score (nSPS) is 18.2. The highest BCUT2D eigenvalue weighted by molar-refractivity contribution is 5.94. The topological polar surface area (TPSA) is 67.4 Å². The number of fused-ring (bicyclic) bond motifs is 3. The number of anilines is 1. The number of imidazole rings is 1. The fourth-order valence-corrected chi connectivity index (χ4v) is 4.10. The zero-order chi connectivity index (χ0) is 17.7. The monoisotopic (exact) mass is 349 g/mol. The number of carbonyl (C=O) groups is 1. The maximum absolute atomic E-state index is 12.2. The van der Waals surface area contributed by atoms with Crippen LogP contribution in [-0.4, -0.2) is 36.1 Å². The summed E-state index contributed by atoms with van der Waals surface area (Å²) in [4.78, 5) is 22.5. The minimum Gasteiger partial charge on any atom is -0.494 e. The van der Waals surface area contributed by atoms with Crippen LogP contribution in [0.1, 0.15) is 28.8 Å². The van der Waals surface area contributed by atoms with Gasteiger partial charge in [-0.25, -0.2) is 9.78 Å². The zero-order valence-electron chi connectivity index (χ0n) is 14.5. The smallest absolute Gasteiger partial charge is 0.339 e. The zero-order valence-corrected chi connectivity index (χ0v) is 14.5. The molecule has 6 heteroatoms. The maximum atomic E-state index is 12.2. The Morgan fingerprint density at radius 3 is 2.77 bits per heavy atom. The summed E-state index contributed by atoms with van der Waals surface area (Å²) in [5.41, 5.74) is 3.03. The molecule has 3 aromatic rings. The number of hydrogen-bond donors (Lipinski definition) is 1. The van der Waals surface area contributed by atoms with Crippen LogP contribution in [0, 0.1) is 0 Å². The predicted molar refractivity (Wildman–Crippen MR) is 97.6 cm³/mol. The number of aromatic amines is 1. The van der Waals surface area contributed by atoms with Crippen molar-refractivity contribution in [3.63, 3.8) is 0 Å². The van der Waals surface area contributed by atoms with E-state index in [2.05, 4.69) is 9.88 Å². The summed E-state index contributed by atoms with van der Waals surface area (Å²) in [7, 11) is 1.65. The SMILES string of the molecule is COc1cccc2[nH]c(N3CCC4(CC3)OC(=O)c3ccccc34)nc12. The standard InChI is InChI=1S/C20H19N3O3/c1-25-16-8-4-7-15-17(16)22-19(21-15)23-11-9-20(10-12-23)14-6-3-2-5-13(14)18(24)26-20/h2-8H,9-12H2,1H3,(H,21,22). The first-order valence-corrected chi connectivity index (χ1v) is 8.81. The second-order valence-corrected chi connectivity index (χ2v) is 6.83. The van der Waals surface area contributed by atoms with Gasteiger partial charge in [0.05, 0.1) is 18.2 Å². The summed E-state index contributed by atoms with van der Waals surface area (Å²) in [6.07, 6.45) is 1.51. The van der Waals surface area contributed by atoms with Crippen molar-refractivity contribution in [2.45, 2.75) is 18.4 Å². The lowest BCUT2D eigenvalue weighted by Crippen LogP contribution is -2.43. The number of para-hydroxylation sites is 1. The molecule has 3 heterocycles. The molecule has 1 saturated heterocycles. The molecule has 1 spiro atoms. The van der Waals surface area contributed by atoms with Crippen LogP contribution in [0.5, 0.6) is 5.75 Å². The molecular formula is C20H19N3O3. The fourth-order valence-electron chi connectivity index (χ4n) is 4.10. The van der Waals surface area contributed by atoms with Crippen LogP contribution in [0.3, 0.4) is 0 Å². The van der Waals surface area contributed by atoms with Gasteiger partial charge < -0.3 is 19.4 Å². The van der Waals surface area contributed by atoms with Gasteiger partial charge in [0.2, 0.25) is 5.95 Å². The van der Waals surface area contributed by atoms with Crippen molar-refractivity contribution in [2.75, 3.05) is 25.1 Å². The van der Waals surface area contributed by atoms with Gasteiger partial charge in [-0.1, -0.05) is 24.3 Å². The van der Waals surface area contributed by atoms with Crippen molar-refractivity contribution in [2.24, 2.45) is 0 Å². The lowest BCUT2D eigenvalue weighted by molar-refractivity contribution is -0.0211. The van der Waals surface area contributed by atoms with Gasteiger partial charge in [-0.15, -0.1) is 0 Å². The predicted octanol–water partition coefficient (Wildman–Crippen LogP) is 3.24. The Balaban J connectivity index is 1.42. The first kappa shape index (κ1) is 15.3. The van der Waals surface area contributed by atoms with Crippen LogP contribution < -0.4 is 9.64 Å². The Hall–Kier alpha value is -3.02. The summed E-state index contributed by atoms with van der Waals surface area (Å²) >= 11 is 0. The molecule has 132 valence electrons. The van der Waals surface area contributed by atoms with Crippen LogP contribution in [0.4, 0.5) is 5.95 Å². The van der Waals surface area contributed by atoms with E-state index in [9.17, 15) is 4.79 Å². The van der Waals surface area contributed by atoms with Crippen molar-refractivity contribution in [1.29, 1.82) is 0 Å². The molecule has 1 N–H and O–H groups in total. The van der Waals surface area contributed by atoms with Crippen LogP contribution in [0.15, 0.2) is 42.5 Å². The number of hydrogen-bond acceptors (Lipinski definition) is 5. The van der Waals surface area contributed by atoms with Gasteiger partial charge in [0.15, 0.2) is 0 Å². The molecule has 0 unspecified atom stereocenters. The van der Waals surface area contributed by atoms with Gasteiger partial charge in [-0.05, 0) is 18.2 Å². The van der Waals surface area contributed by atoms with Gasteiger partial charge in [0.1, 0.15) is 16.9 Å². The van der Waals surface area contributed by atoms with E-state index in [0.29, 0.717) is 5.56 Å². The third-order valence-corrected chi connectivity index (χ3v) is 5.48. The Morgan fingerprint density at radius 1 is 1.15 bits per heavy atom. The molecule has 2 aromatic carbocycles. The van der Waals surface area contributed by atoms with Gasteiger partial charge in [0.25, 0.3) is 0 Å². The van der Waals surface area contributed by atoms with E-state index in [1.54, 1.807) is 7.11 Å². The van der Waals surface area contributed by atoms with Crippen molar-refractivity contribution in [3.8, 4) is 5.75 Å².